The zero-order valence-electron chi connectivity index (χ0n) is 12.9. The van der Waals surface area contributed by atoms with E-state index >= 15 is 0 Å². The van der Waals surface area contributed by atoms with E-state index in [1.165, 1.54) is 0 Å². The molecule has 0 bridgehead atoms. The Morgan fingerprint density at radius 2 is 1.59 bits per heavy atom. The average Bonchev–Trinajstić information content (AvgIpc) is 2.56. The molecule has 3 nitrogen and oxygen atoms in total. The molecule has 2 rings (SSSR count). The first-order chi connectivity index (χ1) is 10.7. The molecule has 2 aromatic carbocycles. The largest absolute Gasteiger partial charge is 0.415 e. The van der Waals surface area contributed by atoms with E-state index in [4.69, 9.17) is 4.74 Å². The minimum absolute atomic E-state index is 0.348. The number of carbonyl (C=O) groups is 1. The fourth-order valence-corrected chi connectivity index (χ4v) is 1.96. The Bertz CT molecular complexity index is 679. The van der Waals surface area contributed by atoms with Gasteiger partial charge in [0.25, 0.3) is 0 Å². The predicted octanol–water partition coefficient (Wildman–Crippen LogP) is 3.93. The average molecular weight is 293 g/mol. The van der Waals surface area contributed by atoms with Crippen LogP contribution in [0.4, 0.5) is 4.79 Å². The van der Waals surface area contributed by atoms with Gasteiger partial charge in [0.1, 0.15) is 5.75 Å². The van der Waals surface area contributed by atoms with Crippen LogP contribution in [0.3, 0.4) is 0 Å². The lowest BCUT2D eigenvalue weighted by molar-refractivity contribution is 0.157. The summed E-state index contributed by atoms with van der Waals surface area (Å²) in [6, 6.07) is 17.0. The Hall–Kier alpha value is -2.73. The van der Waals surface area contributed by atoms with Crippen molar-refractivity contribution >= 4 is 6.09 Å². The predicted molar refractivity (Wildman–Crippen MR) is 87.8 cm³/mol. The molecule has 0 heterocycles. The van der Waals surface area contributed by atoms with E-state index in [1.54, 1.807) is 11.0 Å². The Kier molecular flexibility index (Phi) is 5.62. The molecule has 0 N–H and O–H groups in total. The first-order valence-corrected chi connectivity index (χ1v) is 7.37. The normalized spacial score (nSPS) is 9.55. The fourth-order valence-electron chi connectivity index (χ4n) is 1.96. The number of para-hydroxylation sites is 1. The van der Waals surface area contributed by atoms with Crippen molar-refractivity contribution in [2.75, 3.05) is 13.1 Å². The molecule has 0 spiro atoms. The summed E-state index contributed by atoms with van der Waals surface area (Å²) in [6.45, 7) is 5.08. The number of hydrogen-bond acceptors (Lipinski definition) is 2. The van der Waals surface area contributed by atoms with Gasteiger partial charge in [-0.3, -0.25) is 0 Å². The Morgan fingerprint density at radius 1 is 0.955 bits per heavy atom. The quantitative estimate of drug-likeness (QED) is 0.803. The van der Waals surface area contributed by atoms with Crippen LogP contribution in [-0.4, -0.2) is 24.1 Å². The van der Waals surface area contributed by atoms with Crippen molar-refractivity contribution in [2.24, 2.45) is 0 Å². The van der Waals surface area contributed by atoms with Gasteiger partial charge in [-0.2, -0.15) is 0 Å². The fraction of sp³-hybridized carbons (Fsp3) is 0.211. The maximum absolute atomic E-state index is 12.1. The molecule has 0 aliphatic carbocycles. The van der Waals surface area contributed by atoms with Gasteiger partial charge in [0.15, 0.2) is 0 Å². The first-order valence-electron chi connectivity index (χ1n) is 7.37. The molecule has 0 atom stereocenters. The second-order valence-corrected chi connectivity index (χ2v) is 4.65. The van der Waals surface area contributed by atoms with Gasteiger partial charge in [0.2, 0.25) is 0 Å². The monoisotopic (exact) mass is 293 g/mol. The summed E-state index contributed by atoms with van der Waals surface area (Å²) in [6.07, 6.45) is -0.348. The zero-order chi connectivity index (χ0) is 15.8. The molecule has 0 saturated heterocycles. The second kappa shape index (κ2) is 7.90. The molecule has 112 valence electrons. The highest BCUT2D eigenvalue weighted by Gasteiger charge is 2.13. The van der Waals surface area contributed by atoms with Crippen molar-refractivity contribution in [1.29, 1.82) is 0 Å². The van der Waals surface area contributed by atoms with Crippen LogP contribution in [0.15, 0.2) is 54.6 Å². The van der Waals surface area contributed by atoms with Gasteiger partial charge in [0.05, 0.1) is 5.56 Å². The van der Waals surface area contributed by atoms with E-state index in [9.17, 15) is 4.79 Å². The third kappa shape index (κ3) is 4.13. The number of carbonyl (C=O) groups excluding carboxylic acids is 1. The molecule has 22 heavy (non-hydrogen) atoms. The minimum atomic E-state index is -0.348. The van der Waals surface area contributed by atoms with Crippen LogP contribution in [0.2, 0.25) is 0 Å². The van der Waals surface area contributed by atoms with E-state index in [-0.39, 0.29) is 6.09 Å². The van der Waals surface area contributed by atoms with Crippen molar-refractivity contribution in [3.05, 3.63) is 65.7 Å². The maximum Gasteiger partial charge on any atom is 0.415 e. The molecule has 3 heteroatoms. The number of rotatable bonds is 3. The summed E-state index contributed by atoms with van der Waals surface area (Å²) < 4.78 is 5.46. The van der Waals surface area contributed by atoms with Crippen LogP contribution in [0.1, 0.15) is 25.0 Å². The number of ether oxygens (including phenoxy) is 1. The molecule has 0 aromatic heterocycles. The summed E-state index contributed by atoms with van der Waals surface area (Å²) in [5.41, 5.74) is 1.62. The third-order valence-electron chi connectivity index (χ3n) is 3.22. The van der Waals surface area contributed by atoms with E-state index < -0.39 is 0 Å². The molecule has 0 aliphatic heterocycles. The second-order valence-electron chi connectivity index (χ2n) is 4.65. The van der Waals surface area contributed by atoms with Crippen molar-refractivity contribution < 1.29 is 9.53 Å². The molecule has 2 aromatic rings. The molecule has 0 unspecified atom stereocenters. The van der Waals surface area contributed by atoms with Gasteiger partial charge < -0.3 is 9.64 Å². The Morgan fingerprint density at radius 3 is 2.27 bits per heavy atom. The number of nitrogens with zero attached hydrogens (tertiary/aromatic N) is 1. The van der Waals surface area contributed by atoms with Crippen LogP contribution >= 0.6 is 0 Å². The summed E-state index contributed by atoms with van der Waals surface area (Å²) in [7, 11) is 0. The lowest BCUT2D eigenvalue weighted by Gasteiger charge is -2.18. The summed E-state index contributed by atoms with van der Waals surface area (Å²) in [4.78, 5) is 13.7. The maximum atomic E-state index is 12.1. The van der Waals surface area contributed by atoms with Crippen molar-refractivity contribution in [3.8, 4) is 17.6 Å². The topological polar surface area (TPSA) is 29.5 Å². The highest BCUT2D eigenvalue weighted by Crippen LogP contribution is 2.18. The van der Waals surface area contributed by atoms with Gasteiger partial charge in [0, 0.05) is 18.7 Å². The number of amides is 1. The molecule has 0 aliphatic rings. The van der Waals surface area contributed by atoms with Gasteiger partial charge >= 0.3 is 6.09 Å². The molecule has 0 fully saturated rings. The van der Waals surface area contributed by atoms with E-state index in [0.717, 1.165) is 5.56 Å². The Labute approximate surface area is 131 Å². The highest BCUT2D eigenvalue weighted by molar-refractivity contribution is 5.71. The van der Waals surface area contributed by atoms with Crippen molar-refractivity contribution in [1.82, 2.24) is 4.90 Å². The van der Waals surface area contributed by atoms with Gasteiger partial charge in [-0.15, -0.1) is 0 Å². The van der Waals surface area contributed by atoms with Gasteiger partial charge in [-0.25, -0.2) is 4.79 Å². The summed E-state index contributed by atoms with van der Waals surface area (Å²) >= 11 is 0. The third-order valence-corrected chi connectivity index (χ3v) is 3.22. The summed E-state index contributed by atoms with van der Waals surface area (Å²) in [5, 5.41) is 0. The lowest BCUT2D eigenvalue weighted by Crippen LogP contribution is -2.33. The summed E-state index contributed by atoms with van der Waals surface area (Å²) in [5.74, 6) is 6.63. The van der Waals surface area contributed by atoms with Crippen molar-refractivity contribution in [2.45, 2.75) is 13.8 Å². The lowest BCUT2D eigenvalue weighted by atomic mass is 10.1. The number of benzene rings is 2. The SMILES string of the molecule is CCN(CC)C(=O)Oc1ccccc1C#Cc1ccccc1. The van der Waals surface area contributed by atoms with E-state index in [0.29, 0.717) is 24.4 Å². The zero-order valence-corrected chi connectivity index (χ0v) is 12.9. The van der Waals surface area contributed by atoms with Crippen LogP contribution in [-0.2, 0) is 0 Å². The van der Waals surface area contributed by atoms with Gasteiger partial charge in [-0.1, -0.05) is 42.2 Å². The van der Waals surface area contributed by atoms with Crippen LogP contribution in [0, 0.1) is 11.8 Å². The minimum Gasteiger partial charge on any atom is -0.409 e. The standard InChI is InChI=1S/C19H19NO2/c1-3-20(4-2)19(21)22-18-13-9-8-12-17(18)15-14-16-10-6-5-7-11-16/h5-13H,3-4H2,1-2H3. The molecular formula is C19H19NO2. The molecule has 0 saturated carbocycles. The smallest absolute Gasteiger partial charge is 0.409 e. The highest BCUT2D eigenvalue weighted by atomic mass is 16.6. The van der Waals surface area contributed by atoms with Crippen molar-refractivity contribution in [3.63, 3.8) is 0 Å². The van der Waals surface area contributed by atoms with Crippen LogP contribution in [0.5, 0.6) is 5.75 Å². The van der Waals surface area contributed by atoms with Crippen LogP contribution in [0.25, 0.3) is 0 Å². The van der Waals surface area contributed by atoms with Crippen LogP contribution < -0.4 is 4.74 Å². The molecule has 1 amide bonds. The first kappa shape index (κ1) is 15.7. The Balaban J connectivity index is 2.21. The number of hydrogen-bond donors (Lipinski definition) is 0. The molecule has 0 radical (unpaired) electrons. The van der Waals surface area contributed by atoms with E-state index in [1.807, 2.05) is 62.4 Å². The van der Waals surface area contributed by atoms with Gasteiger partial charge in [-0.05, 0) is 38.1 Å². The molecular weight excluding hydrogens is 274 g/mol. The van der Waals surface area contributed by atoms with E-state index in [2.05, 4.69) is 11.8 Å².